The van der Waals surface area contributed by atoms with Gasteiger partial charge >= 0.3 is 5.97 Å². The standard InChI is InChI=1S/C24H25NO5S/c1-24(2,3)21(27)19-14-31-23-18-11-16(9-10-17(18)22(28)25(19)23)29-13-20(26)30-12-15-7-5-4-6-8-15/h4-11,19,23H,12-14H2,1-3H3/t19-,23-/m0/s1. The molecule has 2 aromatic carbocycles. The number of ether oxygens (including phenoxy) is 2. The number of nitrogens with zero attached hydrogens (tertiary/aromatic N) is 1. The molecule has 1 amide bonds. The average molecular weight is 440 g/mol. The Labute approximate surface area is 185 Å². The van der Waals surface area contributed by atoms with Gasteiger partial charge in [0.25, 0.3) is 5.91 Å². The first kappa shape index (κ1) is 21.4. The Hall–Kier alpha value is -2.80. The number of esters is 1. The van der Waals surface area contributed by atoms with Crippen molar-refractivity contribution < 1.29 is 23.9 Å². The molecule has 0 unspecified atom stereocenters. The zero-order valence-electron chi connectivity index (χ0n) is 17.8. The number of benzene rings is 2. The van der Waals surface area contributed by atoms with Gasteiger partial charge in [-0.15, -0.1) is 11.8 Å². The van der Waals surface area contributed by atoms with Crippen molar-refractivity contribution in [3.05, 3.63) is 65.2 Å². The van der Waals surface area contributed by atoms with Crippen molar-refractivity contribution in [1.29, 1.82) is 0 Å². The largest absolute Gasteiger partial charge is 0.482 e. The molecular weight excluding hydrogens is 414 g/mol. The lowest BCUT2D eigenvalue weighted by Gasteiger charge is -2.28. The molecule has 0 bridgehead atoms. The second-order valence-electron chi connectivity index (χ2n) is 8.71. The van der Waals surface area contributed by atoms with Crippen LogP contribution in [0.3, 0.4) is 0 Å². The van der Waals surface area contributed by atoms with Crippen LogP contribution in [0.15, 0.2) is 48.5 Å². The quantitative estimate of drug-likeness (QED) is 0.634. The van der Waals surface area contributed by atoms with E-state index in [1.807, 2.05) is 51.1 Å². The zero-order valence-corrected chi connectivity index (χ0v) is 18.6. The minimum atomic E-state index is -0.510. The molecular formula is C24H25NO5S. The van der Waals surface area contributed by atoms with Crippen LogP contribution in [0, 0.1) is 5.41 Å². The number of carbonyl (C=O) groups is 3. The van der Waals surface area contributed by atoms with Crippen molar-refractivity contribution in [2.75, 3.05) is 12.4 Å². The number of amides is 1. The maximum absolute atomic E-state index is 13.0. The van der Waals surface area contributed by atoms with Crippen LogP contribution < -0.4 is 4.74 Å². The molecule has 1 fully saturated rings. The third-order valence-electron chi connectivity index (χ3n) is 5.40. The Morgan fingerprint density at radius 3 is 2.58 bits per heavy atom. The predicted octanol–water partition coefficient (Wildman–Crippen LogP) is 3.99. The molecule has 0 aromatic heterocycles. The number of rotatable bonds is 6. The van der Waals surface area contributed by atoms with E-state index in [9.17, 15) is 14.4 Å². The summed E-state index contributed by atoms with van der Waals surface area (Å²) in [5.74, 6) is 0.565. The molecule has 1 saturated heterocycles. The first-order chi connectivity index (χ1) is 14.8. The molecule has 0 saturated carbocycles. The molecule has 2 atom stereocenters. The van der Waals surface area contributed by atoms with Crippen LogP contribution in [0.2, 0.25) is 0 Å². The molecule has 6 nitrogen and oxygen atoms in total. The first-order valence-corrected chi connectivity index (χ1v) is 11.3. The summed E-state index contributed by atoms with van der Waals surface area (Å²) in [4.78, 5) is 39.5. The summed E-state index contributed by atoms with van der Waals surface area (Å²) >= 11 is 1.59. The number of Topliss-reactive ketones (excluding diaryl/α,β-unsaturated/α-hetero) is 1. The monoisotopic (exact) mass is 439 g/mol. The van der Waals surface area contributed by atoms with Crippen molar-refractivity contribution in [3.63, 3.8) is 0 Å². The molecule has 7 heteroatoms. The zero-order chi connectivity index (χ0) is 22.2. The third kappa shape index (κ3) is 4.32. The molecule has 0 N–H and O–H groups in total. The fourth-order valence-corrected chi connectivity index (χ4v) is 5.24. The molecule has 31 heavy (non-hydrogen) atoms. The van der Waals surface area contributed by atoms with Crippen molar-refractivity contribution in [2.24, 2.45) is 5.41 Å². The van der Waals surface area contributed by atoms with E-state index in [0.717, 1.165) is 11.1 Å². The van der Waals surface area contributed by atoms with Gasteiger partial charge in [0.1, 0.15) is 23.8 Å². The summed E-state index contributed by atoms with van der Waals surface area (Å²) < 4.78 is 10.8. The van der Waals surface area contributed by atoms with E-state index in [4.69, 9.17) is 9.47 Å². The molecule has 2 aliphatic rings. The predicted molar refractivity (Wildman–Crippen MR) is 118 cm³/mol. The van der Waals surface area contributed by atoms with Crippen LogP contribution in [0.4, 0.5) is 0 Å². The maximum Gasteiger partial charge on any atom is 0.344 e. The summed E-state index contributed by atoms with van der Waals surface area (Å²) in [6.07, 6.45) is 0. The van der Waals surface area contributed by atoms with Crippen molar-refractivity contribution in [1.82, 2.24) is 4.90 Å². The average Bonchev–Trinajstić information content (AvgIpc) is 3.30. The number of ketones is 1. The molecule has 2 heterocycles. The van der Waals surface area contributed by atoms with Gasteiger partial charge in [-0.3, -0.25) is 9.59 Å². The second-order valence-corrected chi connectivity index (χ2v) is 9.83. The highest BCUT2D eigenvalue weighted by Gasteiger charge is 2.50. The number of hydrogen-bond donors (Lipinski definition) is 0. The van der Waals surface area contributed by atoms with Gasteiger partial charge in [-0.1, -0.05) is 51.1 Å². The van der Waals surface area contributed by atoms with Gasteiger partial charge in [0.15, 0.2) is 12.4 Å². The Balaban J connectivity index is 1.40. The van der Waals surface area contributed by atoms with Crippen LogP contribution >= 0.6 is 11.8 Å². The highest BCUT2D eigenvalue weighted by molar-refractivity contribution is 7.99. The van der Waals surface area contributed by atoms with Gasteiger partial charge in [0.05, 0.1) is 0 Å². The lowest BCUT2D eigenvalue weighted by Crippen LogP contribution is -2.44. The number of hydrogen-bond acceptors (Lipinski definition) is 6. The fourth-order valence-electron chi connectivity index (χ4n) is 3.79. The summed E-state index contributed by atoms with van der Waals surface area (Å²) in [5.41, 5.74) is 1.81. The van der Waals surface area contributed by atoms with E-state index in [2.05, 4.69) is 0 Å². The van der Waals surface area contributed by atoms with Crippen LogP contribution in [0.25, 0.3) is 0 Å². The van der Waals surface area contributed by atoms with E-state index < -0.39 is 17.4 Å². The van der Waals surface area contributed by atoms with Crippen LogP contribution in [-0.4, -0.2) is 41.0 Å². The highest BCUT2D eigenvalue weighted by Crippen LogP contribution is 2.50. The summed E-state index contributed by atoms with van der Waals surface area (Å²) in [5, 5.41) is -0.201. The molecule has 2 aliphatic heterocycles. The molecule has 0 aliphatic carbocycles. The molecule has 2 aromatic rings. The van der Waals surface area contributed by atoms with Crippen molar-refractivity contribution in [3.8, 4) is 5.75 Å². The van der Waals surface area contributed by atoms with E-state index in [-0.39, 0.29) is 30.3 Å². The van der Waals surface area contributed by atoms with Crippen LogP contribution in [0.1, 0.15) is 47.6 Å². The van der Waals surface area contributed by atoms with Crippen LogP contribution in [-0.2, 0) is 20.9 Å². The summed E-state index contributed by atoms with van der Waals surface area (Å²) in [6.45, 7) is 5.61. The first-order valence-electron chi connectivity index (χ1n) is 10.2. The fraction of sp³-hybridized carbons (Fsp3) is 0.375. The smallest absolute Gasteiger partial charge is 0.344 e. The Bertz CT molecular complexity index is 1010. The van der Waals surface area contributed by atoms with Gasteiger partial charge in [-0.05, 0) is 23.8 Å². The Morgan fingerprint density at radius 2 is 1.87 bits per heavy atom. The third-order valence-corrected chi connectivity index (χ3v) is 6.70. The topological polar surface area (TPSA) is 72.9 Å². The summed E-state index contributed by atoms with van der Waals surface area (Å²) in [6, 6.07) is 14.2. The van der Waals surface area contributed by atoms with E-state index >= 15 is 0 Å². The van der Waals surface area contributed by atoms with Crippen LogP contribution in [0.5, 0.6) is 5.75 Å². The second kappa shape index (κ2) is 8.38. The van der Waals surface area contributed by atoms with Gasteiger partial charge in [0.2, 0.25) is 0 Å². The van der Waals surface area contributed by atoms with Gasteiger partial charge in [-0.25, -0.2) is 4.79 Å². The lowest BCUT2D eigenvalue weighted by molar-refractivity contribution is -0.147. The van der Waals surface area contributed by atoms with Crippen molar-refractivity contribution in [2.45, 2.75) is 38.8 Å². The minimum absolute atomic E-state index is 0.0706. The van der Waals surface area contributed by atoms with Gasteiger partial charge in [0, 0.05) is 22.3 Å². The number of thioether (sulfide) groups is 1. The lowest BCUT2D eigenvalue weighted by atomic mass is 9.86. The number of fused-ring (bicyclic) bond motifs is 3. The van der Waals surface area contributed by atoms with Crippen molar-refractivity contribution >= 4 is 29.4 Å². The Morgan fingerprint density at radius 1 is 1.13 bits per heavy atom. The van der Waals surface area contributed by atoms with Gasteiger partial charge < -0.3 is 14.4 Å². The molecule has 0 spiro atoms. The number of carbonyl (C=O) groups excluding carboxylic acids is 3. The molecule has 0 radical (unpaired) electrons. The minimum Gasteiger partial charge on any atom is -0.482 e. The van der Waals surface area contributed by atoms with E-state index in [1.165, 1.54) is 0 Å². The van der Waals surface area contributed by atoms with Gasteiger partial charge in [-0.2, -0.15) is 0 Å². The normalized spacial score (nSPS) is 19.7. The summed E-state index contributed by atoms with van der Waals surface area (Å²) in [7, 11) is 0. The molecule has 162 valence electrons. The van der Waals surface area contributed by atoms with E-state index in [0.29, 0.717) is 17.1 Å². The maximum atomic E-state index is 13.0. The molecule has 4 rings (SSSR count). The van der Waals surface area contributed by atoms with E-state index in [1.54, 1.807) is 34.9 Å². The Kier molecular flexibility index (Phi) is 5.79. The SMILES string of the molecule is CC(C)(C)C(=O)[C@@H]1CS[C@H]2c3cc(OCC(=O)OCc4ccccc4)ccc3C(=O)N12. The highest BCUT2D eigenvalue weighted by atomic mass is 32.2.